The number of hydrogen-bond acceptors (Lipinski definition) is 7. The molecule has 3 aromatic rings. The molecule has 3 rings (SSSR count). The van der Waals surface area contributed by atoms with Crippen molar-refractivity contribution in [3.8, 4) is 11.1 Å². The fourth-order valence-electron chi connectivity index (χ4n) is 3.65. The van der Waals surface area contributed by atoms with Gasteiger partial charge in [0.1, 0.15) is 13.3 Å². The number of thioether (sulfide) groups is 1. The Morgan fingerprint density at radius 1 is 1.08 bits per heavy atom. The molecule has 11 heteroatoms. The standard InChI is InChI=1S/C25H25IN2O5S3/c1-3-22-23(28(17-29)35-26)13-18(14-24(22)34-2)15-27(16-25(30)31)36(32,33)21-11-9-20(10-12-21)19-7-5-4-6-8-19/h3-14,29H,1,15-17H2,2H3,(H,30,31). The van der Waals surface area contributed by atoms with E-state index in [4.69, 9.17) is 0 Å². The number of rotatable bonds is 12. The van der Waals surface area contributed by atoms with E-state index in [1.165, 1.54) is 33.0 Å². The van der Waals surface area contributed by atoms with E-state index in [-0.39, 0.29) is 18.2 Å². The second kappa shape index (κ2) is 13.0. The van der Waals surface area contributed by atoms with Gasteiger partial charge < -0.3 is 10.2 Å². The van der Waals surface area contributed by atoms with E-state index in [0.29, 0.717) is 11.3 Å². The van der Waals surface area contributed by atoms with Gasteiger partial charge in [0.15, 0.2) is 0 Å². The Kier molecular flexibility index (Phi) is 10.3. The molecule has 0 radical (unpaired) electrons. The minimum Gasteiger partial charge on any atom is -0.480 e. The number of aliphatic carboxylic acids is 1. The highest BCUT2D eigenvalue weighted by molar-refractivity contribution is 14.2. The third-order valence-corrected chi connectivity index (χ3v) is 9.84. The molecular formula is C25H25IN2O5S3. The summed E-state index contributed by atoms with van der Waals surface area (Å²) in [4.78, 5) is 12.5. The first-order chi connectivity index (χ1) is 17.2. The lowest BCUT2D eigenvalue weighted by atomic mass is 10.1. The first-order valence-corrected chi connectivity index (χ1v) is 16.6. The Balaban J connectivity index is 2.01. The van der Waals surface area contributed by atoms with Crippen LogP contribution in [0.4, 0.5) is 5.69 Å². The molecule has 2 N–H and O–H groups in total. The molecule has 3 aromatic carbocycles. The molecular weight excluding hydrogens is 631 g/mol. The molecule has 0 aliphatic carbocycles. The molecule has 0 saturated carbocycles. The smallest absolute Gasteiger partial charge is 0.318 e. The molecule has 0 aliphatic rings. The minimum absolute atomic E-state index is 0.0104. The highest BCUT2D eigenvalue weighted by Gasteiger charge is 2.28. The summed E-state index contributed by atoms with van der Waals surface area (Å²) < 4.78 is 29.6. The molecule has 7 nitrogen and oxygen atoms in total. The molecule has 36 heavy (non-hydrogen) atoms. The number of aliphatic hydroxyl groups excluding tert-OH is 1. The van der Waals surface area contributed by atoms with Gasteiger partial charge >= 0.3 is 5.97 Å². The van der Waals surface area contributed by atoms with Crippen molar-refractivity contribution in [1.82, 2.24) is 4.31 Å². The lowest BCUT2D eigenvalue weighted by Gasteiger charge is -2.25. The fraction of sp³-hybridized carbons (Fsp3) is 0.160. The minimum atomic E-state index is -4.12. The van der Waals surface area contributed by atoms with E-state index in [1.54, 1.807) is 28.6 Å². The van der Waals surface area contributed by atoms with Crippen molar-refractivity contribution in [2.45, 2.75) is 16.3 Å². The summed E-state index contributed by atoms with van der Waals surface area (Å²) in [7, 11) is -2.83. The fourth-order valence-corrected chi connectivity index (χ4v) is 6.99. The summed E-state index contributed by atoms with van der Waals surface area (Å²) in [6, 6.07) is 19.5. The maximum absolute atomic E-state index is 13.5. The zero-order chi connectivity index (χ0) is 26.3. The van der Waals surface area contributed by atoms with Crippen LogP contribution in [0.15, 0.2) is 83.1 Å². The van der Waals surface area contributed by atoms with Gasteiger partial charge in [-0.2, -0.15) is 4.31 Å². The predicted octanol–water partition coefficient (Wildman–Crippen LogP) is 5.75. The van der Waals surface area contributed by atoms with Crippen LogP contribution in [0.1, 0.15) is 11.1 Å². The van der Waals surface area contributed by atoms with Crippen LogP contribution in [0, 0.1) is 0 Å². The van der Waals surface area contributed by atoms with Crippen molar-refractivity contribution in [3.05, 3.63) is 84.4 Å². The summed E-state index contributed by atoms with van der Waals surface area (Å²) in [6.07, 6.45) is 3.57. The number of carboxylic acids is 1. The summed E-state index contributed by atoms with van der Waals surface area (Å²) in [5.74, 6) is -1.26. The second-order valence-electron chi connectivity index (χ2n) is 7.58. The molecule has 0 saturated heterocycles. The number of carboxylic acid groups (broad SMARTS) is 1. The van der Waals surface area contributed by atoms with Crippen LogP contribution >= 0.6 is 42.1 Å². The Morgan fingerprint density at radius 2 is 1.72 bits per heavy atom. The van der Waals surface area contributed by atoms with Gasteiger partial charge in [0.25, 0.3) is 0 Å². The van der Waals surface area contributed by atoms with E-state index in [0.717, 1.165) is 25.9 Å². The van der Waals surface area contributed by atoms with Crippen LogP contribution < -0.4 is 4.31 Å². The molecule has 0 aromatic heterocycles. The van der Waals surface area contributed by atoms with Crippen LogP contribution in [0.3, 0.4) is 0 Å². The van der Waals surface area contributed by atoms with Crippen molar-refractivity contribution in [3.63, 3.8) is 0 Å². The van der Waals surface area contributed by atoms with Gasteiger partial charge in [0, 0.05) is 47.3 Å². The number of aliphatic hydroxyl groups is 1. The Labute approximate surface area is 232 Å². The lowest BCUT2D eigenvalue weighted by molar-refractivity contribution is -0.137. The van der Waals surface area contributed by atoms with Gasteiger partial charge in [-0.1, -0.05) is 55.1 Å². The summed E-state index contributed by atoms with van der Waals surface area (Å²) in [6.45, 7) is 2.76. The number of nitrogens with zero attached hydrogens (tertiary/aromatic N) is 2. The molecule has 0 amide bonds. The normalized spacial score (nSPS) is 11.4. The highest BCUT2D eigenvalue weighted by atomic mass is 127. The molecule has 0 spiro atoms. The molecule has 190 valence electrons. The van der Waals surface area contributed by atoms with E-state index >= 15 is 0 Å². The van der Waals surface area contributed by atoms with Crippen LogP contribution in [0.25, 0.3) is 17.2 Å². The van der Waals surface area contributed by atoms with Crippen LogP contribution in [-0.2, 0) is 21.4 Å². The number of carbonyl (C=O) groups is 1. The summed E-state index contributed by atoms with van der Waals surface area (Å²) in [5, 5.41) is 19.3. The van der Waals surface area contributed by atoms with Crippen LogP contribution in [0.2, 0.25) is 0 Å². The lowest BCUT2D eigenvalue weighted by Crippen LogP contribution is -2.35. The maximum Gasteiger partial charge on any atom is 0.318 e. The van der Waals surface area contributed by atoms with Gasteiger partial charge in [-0.05, 0) is 47.2 Å². The number of benzene rings is 3. The SMILES string of the molecule is C=Cc1c(SC)cc(CN(CC(=O)O)S(=O)(=O)c2ccc(-c3ccccc3)cc2)cc1N(CO)SI. The quantitative estimate of drug-likeness (QED) is 0.110. The van der Waals surface area contributed by atoms with Crippen LogP contribution in [0.5, 0.6) is 0 Å². The average Bonchev–Trinajstić information content (AvgIpc) is 2.89. The van der Waals surface area contributed by atoms with Crippen molar-refractivity contribution >= 4 is 69.8 Å². The monoisotopic (exact) mass is 656 g/mol. The van der Waals surface area contributed by atoms with E-state index in [2.05, 4.69) is 6.58 Å². The first kappa shape index (κ1) is 28.5. The molecule has 0 heterocycles. The average molecular weight is 657 g/mol. The molecule has 0 fully saturated rings. The Hall–Kier alpha value is -2.03. The van der Waals surface area contributed by atoms with Crippen molar-refractivity contribution in [1.29, 1.82) is 0 Å². The van der Waals surface area contributed by atoms with Gasteiger partial charge in [-0.3, -0.25) is 9.10 Å². The topological polar surface area (TPSA) is 98.2 Å². The van der Waals surface area contributed by atoms with Gasteiger partial charge in [0.2, 0.25) is 10.0 Å². The Bertz CT molecular complexity index is 1320. The number of hydrogen-bond donors (Lipinski definition) is 2. The van der Waals surface area contributed by atoms with Crippen molar-refractivity contribution in [2.75, 3.05) is 23.8 Å². The number of halogens is 1. The highest BCUT2D eigenvalue weighted by Crippen LogP contribution is 2.37. The number of sulfonamides is 1. The molecule has 0 unspecified atom stereocenters. The summed E-state index contributed by atoms with van der Waals surface area (Å²) in [5.41, 5.74) is 3.86. The van der Waals surface area contributed by atoms with E-state index in [9.17, 15) is 23.4 Å². The zero-order valence-electron chi connectivity index (χ0n) is 19.4. The number of anilines is 1. The molecule has 0 bridgehead atoms. The third-order valence-electron chi connectivity index (χ3n) is 5.35. The maximum atomic E-state index is 13.5. The third kappa shape index (κ3) is 6.64. The largest absolute Gasteiger partial charge is 0.480 e. The van der Waals surface area contributed by atoms with Crippen LogP contribution in [-0.4, -0.2) is 48.4 Å². The van der Waals surface area contributed by atoms with Gasteiger partial charge in [-0.25, -0.2) is 8.42 Å². The Morgan fingerprint density at radius 3 is 2.25 bits per heavy atom. The van der Waals surface area contributed by atoms with E-state index < -0.39 is 22.5 Å². The van der Waals surface area contributed by atoms with E-state index in [1.807, 2.05) is 63.9 Å². The molecule has 0 aliphatic heterocycles. The molecule has 0 atom stereocenters. The van der Waals surface area contributed by atoms with Crippen molar-refractivity contribution < 1.29 is 23.4 Å². The predicted molar refractivity (Wildman–Crippen MR) is 157 cm³/mol. The first-order valence-electron chi connectivity index (χ1n) is 10.6. The van der Waals surface area contributed by atoms with Gasteiger partial charge in [0.05, 0.1) is 10.6 Å². The van der Waals surface area contributed by atoms with Crippen molar-refractivity contribution in [2.24, 2.45) is 0 Å². The second-order valence-corrected chi connectivity index (χ2v) is 12.1. The summed E-state index contributed by atoms with van der Waals surface area (Å²) >= 11 is 3.50. The van der Waals surface area contributed by atoms with Gasteiger partial charge in [-0.15, -0.1) is 11.8 Å². The zero-order valence-corrected chi connectivity index (χ0v) is 24.0.